The van der Waals surface area contributed by atoms with Gasteiger partial charge in [-0.05, 0) is 12.0 Å². The summed E-state index contributed by atoms with van der Waals surface area (Å²) in [4.78, 5) is 13.0. The molecular weight excluding hydrogens is 190 g/mol. The van der Waals surface area contributed by atoms with Gasteiger partial charge in [0.25, 0.3) is 0 Å². The van der Waals surface area contributed by atoms with Gasteiger partial charge in [-0.2, -0.15) is 0 Å². The molecule has 1 unspecified atom stereocenters. The second-order valence-electron chi connectivity index (χ2n) is 3.42. The van der Waals surface area contributed by atoms with Crippen LogP contribution in [0.2, 0.25) is 0 Å². The van der Waals surface area contributed by atoms with Crippen LogP contribution in [0.4, 0.5) is 4.79 Å². The number of carbonyl (C=O) groups is 1. The van der Waals surface area contributed by atoms with Crippen LogP contribution in [-0.2, 0) is 4.74 Å². The van der Waals surface area contributed by atoms with E-state index in [1.165, 1.54) is 7.11 Å². The molecule has 1 amide bonds. The zero-order chi connectivity index (χ0) is 11.3. The fraction of sp³-hybridized carbons (Fsp3) is 0.417. The lowest BCUT2D eigenvalue weighted by Crippen LogP contribution is -2.30. The van der Waals surface area contributed by atoms with Crippen molar-refractivity contribution >= 4 is 6.09 Å². The highest BCUT2D eigenvalue weighted by Gasteiger charge is 2.19. The molecule has 1 aromatic rings. The molecule has 82 valence electrons. The minimum Gasteiger partial charge on any atom is -0.453 e. The summed E-state index contributed by atoms with van der Waals surface area (Å²) in [7, 11) is 3.16. The van der Waals surface area contributed by atoms with E-state index in [2.05, 4.69) is 6.92 Å². The van der Waals surface area contributed by atoms with Gasteiger partial charge >= 0.3 is 6.09 Å². The van der Waals surface area contributed by atoms with Gasteiger partial charge in [-0.15, -0.1) is 0 Å². The molecule has 0 saturated heterocycles. The van der Waals surface area contributed by atoms with Crippen molar-refractivity contribution < 1.29 is 9.53 Å². The molecular formula is C12H17NO2. The third-order valence-electron chi connectivity index (χ3n) is 2.50. The van der Waals surface area contributed by atoms with E-state index in [0.29, 0.717) is 0 Å². The molecule has 0 heterocycles. The standard InChI is InChI=1S/C12H17NO2/c1-4-11(13(2)12(14)15-3)10-8-6-5-7-9-10/h5-9,11H,4H2,1-3H3. The Hall–Kier alpha value is -1.51. The number of nitrogens with zero attached hydrogens (tertiary/aromatic N) is 1. The van der Waals surface area contributed by atoms with Crippen molar-refractivity contribution in [1.82, 2.24) is 4.90 Å². The van der Waals surface area contributed by atoms with E-state index < -0.39 is 0 Å². The molecule has 0 radical (unpaired) electrons. The Labute approximate surface area is 90.7 Å². The lowest BCUT2D eigenvalue weighted by molar-refractivity contribution is 0.116. The minimum atomic E-state index is -0.300. The number of benzene rings is 1. The van der Waals surface area contributed by atoms with Crippen molar-refractivity contribution in [1.29, 1.82) is 0 Å². The molecule has 0 N–H and O–H groups in total. The van der Waals surface area contributed by atoms with Crippen LogP contribution in [0.5, 0.6) is 0 Å². The largest absolute Gasteiger partial charge is 0.453 e. The summed E-state index contributed by atoms with van der Waals surface area (Å²) < 4.78 is 4.70. The van der Waals surface area contributed by atoms with Crippen LogP contribution in [0, 0.1) is 0 Å². The fourth-order valence-corrected chi connectivity index (χ4v) is 1.68. The van der Waals surface area contributed by atoms with Crippen molar-refractivity contribution in [3.63, 3.8) is 0 Å². The van der Waals surface area contributed by atoms with E-state index in [-0.39, 0.29) is 12.1 Å². The van der Waals surface area contributed by atoms with Crippen molar-refractivity contribution in [2.45, 2.75) is 19.4 Å². The highest BCUT2D eigenvalue weighted by atomic mass is 16.5. The lowest BCUT2D eigenvalue weighted by Gasteiger charge is -2.26. The molecule has 0 aromatic heterocycles. The second-order valence-corrected chi connectivity index (χ2v) is 3.42. The molecule has 0 saturated carbocycles. The summed E-state index contributed by atoms with van der Waals surface area (Å²) in [5, 5.41) is 0. The summed E-state index contributed by atoms with van der Waals surface area (Å²) in [6, 6.07) is 10.0. The van der Waals surface area contributed by atoms with Gasteiger partial charge in [0.15, 0.2) is 0 Å². The highest BCUT2D eigenvalue weighted by molar-refractivity contribution is 5.67. The van der Waals surface area contributed by atoms with E-state index in [1.807, 2.05) is 30.3 Å². The first-order valence-corrected chi connectivity index (χ1v) is 5.06. The third-order valence-corrected chi connectivity index (χ3v) is 2.50. The van der Waals surface area contributed by atoms with Crippen molar-refractivity contribution in [2.24, 2.45) is 0 Å². The molecule has 1 atom stereocenters. The Balaban J connectivity index is 2.85. The van der Waals surface area contributed by atoms with Crippen LogP contribution in [0.3, 0.4) is 0 Å². The highest BCUT2D eigenvalue weighted by Crippen LogP contribution is 2.22. The summed E-state index contributed by atoms with van der Waals surface area (Å²) in [6.45, 7) is 2.05. The maximum Gasteiger partial charge on any atom is 0.409 e. The van der Waals surface area contributed by atoms with Crippen LogP contribution < -0.4 is 0 Å². The summed E-state index contributed by atoms with van der Waals surface area (Å²) >= 11 is 0. The maximum atomic E-state index is 11.4. The van der Waals surface area contributed by atoms with E-state index in [4.69, 9.17) is 4.74 Å². The average molecular weight is 207 g/mol. The van der Waals surface area contributed by atoms with Crippen LogP contribution in [-0.4, -0.2) is 25.2 Å². The van der Waals surface area contributed by atoms with Gasteiger partial charge in [0.2, 0.25) is 0 Å². The number of hydrogen-bond acceptors (Lipinski definition) is 2. The Morgan fingerprint density at radius 1 is 1.40 bits per heavy atom. The summed E-state index contributed by atoms with van der Waals surface area (Å²) in [6.07, 6.45) is 0.570. The van der Waals surface area contributed by atoms with Gasteiger partial charge in [0.1, 0.15) is 0 Å². The minimum absolute atomic E-state index is 0.0821. The van der Waals surface area contributed by atoms with Gasteiger partial charge < -0.3 is 9.64 Å². The summed E-state index contributed by atoms with van der Waals surface area (Å²) in [5.74, 6) is 0. The molecule has 15 heavy (non-hydrogen) atoms. The van der Waals surface area contributed by atoms with Crippen LogP contribution in [0.1, 0.15) is 24.9 Å². The first kappa shape index (κ1) is 11.6. The van der Waals surface area contributed by atoms with E-state index >= 15 is 0 Å². The number of rotatable bonds is 3. The van der Waals surface area contributed by atoms with Gasteiger partial charge in [0.05, 0.1) is 13.2 Å². The quantitative estimate of drug-likeness (QED) is 0.762. The first-order chi connectivity index (χ1) is 7.20. The monoisotopic (exact) mass is 207 g/mol. The molecule has 0 bridgehead atoms. The number of ether oxygens (including phenoxy) is 1. The Morgan fingerprint density at radius 3 is 2.47 bits per heavy atom. The molecule has 0 fully saturated rings. The first-order valence-electron chi connectivity index (χ1n) is 5.06. The number of carbonyl (C=O) groups excluding carboxylic acids is 1. The molecule has 0 aliphatic heterocycles. The van der Waals surface area contributed by atoms with Crippen LogP contribution in [0.15, 0.2) is 30.3 Å². The molecule has 1 aromatic carbocycles. The number of methoxy groups -OCH3 is 1. The van der Waals surface area contributed by atoms with Gasteiger partial charge in [-0.3, -0.25) is 0 Å². The molecule has 0 aliphatic carbocycles. The Bertz CT molecular complexity index is 311. The van der Waals surface area contributed by atoms with Gasteiger partial charge in [-0.1, -0.05) is 37.3 Å². The molecule has 0 aliphatic rings. The van der Waals surface area contributed by atoms with E-state index in [9.17, 15) is 4.79 Å². The number of amides is 1. The average Bonchev–Trinajstić information content (AvgIpc) is 2.30. The van der Waals surface area contributed by atoms with Crippen molar-refractivity contribution in [2.75, 3.05) is 14.2 Å². The van der Waals surface area contributed by atoms with E-state index in [1.54, 1.807) is 11.9 Å². The smallest absolute Gasteiger partial charge is 0.409 e. The predicted molar refractivity (Wildman–Crippen MR) is 59.6 cm³/mol. The predicted octanol–water partition coefficient (Wildman–Crippen LogP) is 2.84. The topological polar surface area (TPSA) is 29.5 Å². The van der Waals surface area contributed by atoms with Crippen molar-refractivity contribution in [3.8, 4) is 0 Å². The van der Waals surface area contributed by atoms with Gasteiger partial charge in [-0.25, -0.2) is 4.79 Å². The van der Waals surface area contributed by atoms with Crippen LogP contribution in [0.25, 0.3) is 0 Å². The molecule has 3 nitrogen and oxygen atoms in total. The third kappa shape index (κ3) is 2.72. The zero-order valence-electron chi connectivity index (χ0n) is 9.43. The maximum absolute atomic E-state index is 11.4. The Kier molecular flexibility index (Phi) is 4.16. The van der Waals surface area contributed by atoms with Crippen molar-refractivity contribution in [3.05, 3.63) is 35.9 Å². The van der Waals surface area contributed by atoms with E-state index in [0.717, 1.165) is 12.0 Å². The normalized spacial score (nSPS) is 11.9. The van der Waals surface area contributed by atoms with Crippen LogP contribution >= 0.6 is 0 Å². The molecule has 1 rings (SSSR count). The second kappa shape index (κ2) is 5.39. The van der Waals surface area contributed by atoms with Gasteiger partial charge in [0, 0.05) is 7.05 Å². The zero-order valence-corrected chi connectivity index (χ0v) is 9.43. The summed E-state index contributed by atoms with van der Waals surface area (Å²) in [5.41, 5.74) is 1.13. The lowest BCUT2D eigenvalue weighted by atomic mass is 10.0. The molecule has 0 spiro atoms. The number of hydrogen-bond donors (Lipinski definition) is 0. The molecule has 3 heteroatoms. The fourth-order valence-electron chi connectivity index (χ4n) is 1.68. The Morgan fingerprint density at radius 2 is 2.00 bits per heavy atom. The SMILES string of the molecule is CCC(c1ccccc1)N(C)C(=O)OC.